The highest BCUT2D eigenvalue weighted by Gasteiger charge is 2.30. The zero-order valence-corrected chi connectivity index (χ0v) is 21.2. The summed E-state index contributed by atoms with van der Waals surface area (Å²) in [6.45, 7) is 6.64. The first-order chi connectivity index (χ1) is 16.2. The monoisotopic (exact) mass is 463 g/mol. The molecule has 1 aromatic heterocycles. The Labute approximate surface area is 203 Å². The molecule has 1 aliphatic rings. The molecule has 5 heteroatoms. The van der Waals surface area contributed by atoms with E-state index >= 15 is 0 Å². The van der Waals surface area contributed by atoms with Crippen molar-refractivity contribution in [3.8, 4) is 11.4 Å². The lowest BCUT2D eigenvalue weighted by Gasteiger charge is -2.37. The number of aryl methyl sites for hydroxylation is 1. The molecule has 0 N–H and O–H groups in total. The highest BCUT2D eigenvalue weighted by Crippen LogP contribution is 2.40. The number of hydrogen-bond donors (Lipinski definition) is 0. The second kappa shape index (κ2) is 10.4. The first-order valence-electron chi connectivity index (χ1n) is 12.6. The molecule has 4 nitrogen and oxygen atoms in total. The summed E-state index contributed by atoms with van der Waals surface area (Å²) in [5.74, 6) is 2.52. The van der Waals surface area contributed by atoms with Gasteiger partial charge in [0, 0.05) is 18.0 Å². The lowest BCUT2D eigenvalue weighted by molar-refractivity contribution is 0.145. The van der Waals surface area contributed by atoms with Crippen LogP contribution in [0.15, 0.2) is 53.1 Å². The summed E-state index contributed by atoms with van der Waals surface area (Å²) in [6.07, 6.45) is 6.73. The summed E-state index contributed by atoms with van der Waals surface area (Å²) >= 11 is 0. The fraction of sp³-hybridized carbons (Fsp3) is 0.517. The number of aromatic nitrogens is 2. The molecule has 1 atom stereocenters. The average Bonchev–Trinajstić information content (AvgIpc) is 3.28. The van der Waals surface area contributed by atoms with E-state index in [4.69, 9.17) is 4.52 Å². The van der Waals surface area contributed by atoms with E-state index in [0.29, 0.717) is 23.7 Å². The summed E-state index contributed by atoms with van der Waals surface area (Å²) in [5, 5.41) is 4.22. The minimum atomic E-state index is -0.170. The van der Waals surface area contributed by atoms with Gasteiger partial charge in [-0.2, -0.15) is 4.98 Å². The second-order valence-electron chi connectivity index (χ2n) is 11.1. The maximum Gasteiger partial charge on any atom is 0.226 e. The van der Waals surface area contributed by atoms with E-state index in [-0.39, 0.29) is 11.2 Å². The lowest BCUT2D eigenvalue weighted by Crippen LogP contribution is -2.30. The Bertz CT molecular complexity index is 1040. The number of halogens is 1. The minimum Gasteiger partial charge on any atom is -0.339 e. The van der Waals surface area contributed by atoms with Crippen molar-refractivity contribution in [3.05, 3.63) is 71.4 Å². The van der Waals surface area contributed by atoms with Gasteiger partial charge < -0.3 is 9.42 Å². The Kier molecular flexibility index (Phi) is 7.51. The standard InChI is InChI=1S/C29H38FN3O/c1-29(2,3)24-15-11-23(12-16-24)28-31-26(34-32-28)19-8-20-6-9-21(10-7-20)27(33(4)5)22-13-17-25(30)18-14-22/h11-18,20-21,27H,6-10,19H2,1-5H3. The molecule has 182 valence electrons. The van der Waals surface area contributed by atoms with Gasteiger partial charge in [0.2, 0.25) is 11.7 Å². The van der Waals surface area contributed by atoms with Gasteiger partial charge in [0.1, 0.15) is 5.82 Å². The van der Waals surface area contributed by atoms with Crippen LogP contribution in [0.3, 0.4) is 0 Å². The first kappa shape index (κ1) is 24.6. The van der Waals surface area contributed by atoms with Gasteiger partial charge in [-0.3, -0.25) is 0 Å². The van der Waals surface area contributed by atoms with E-state index in [9.17, 15) is 4.39 Å². The molecule has 0 spiro atoms. The van der Waals surface area contributed by atoms with Crippen molar-refractivity contribution in [1.29, 1.82) is 0 Å². The predicted octanol–water partition coefficient (Wildman–Crippen LogP) is 7.22. The predicted molar refractivity (Wildman–Crippen MR) is 135 cm³/mol. The summed E-state index contributed by atoms with van der Waals surface area (Å²) < 4.78 is 19.0. The quantitative estimate of drug-likeness (QED) is 0.371. The SMILES string of the molecule is CN(C)C(c1ccc(F)cc1)C1CCC(CCc2nc(-c3ccc(C(C)(C)C)cc3)no2)CC1. The molecule has 1 fully saturated rings. The largest absolute Gasteiger partial charge is 0.339 e. The van der Waals surface area contributed by atoms with Crippen molar-refractivity contribution < 1.29 is 8.91 Å². The van der Waals surface area contributed by atoms with Crippen molar-refractivity contribution in [1.82, 2.24) is 15.0 Å². The molecule has 1 heterocycles. The molecule has 1 unspecified atom stereocenters. The van der Waals surface area contributed by atoms with Gasteiger partial charge in [-0.25, -0.2) is 4.39 Å². The molecule has 0 saturated heterocycles. The van der Waals surface area contributed by atoms with Crippen LogP contribution in [0.25, 0.3) is 11.4 Å². The summed E-state index contributed by atoms with van der Waals surface area (Å²) in [7, 11) is 4.26. The van der Waals surface area contributed by atoms with Crippen molar-refractivity contribution >= 4 is 0 Å². The van der Waals surface area contributed by atoms with E-state index in [1.807, 2.05) is 12.1 Å². The zero-order valence-electron chi connectivity index (χ0n) is 21.2. The molecule has 1 saturated carbocycles. The molecule has 1 aliphatic carbocycles. The van der Waals surface area contributed by atoms with E-state index < -0.39 is 0 Å². The van der Waals surface area contributed by atoms with Gasteiger partial charge in [0.15, 0.2) is 0 Å². The van der Waals surface area contributed by atoms with E-state index in [1.54, 1.807) is 12.1 Å². The normalized spacial score (nSPS) is 20.0. The molecule has 34 heavy (non-hydrogen) atoms. The van der Waals surface area contributed by atoms with Crippen LogP contribution in [0.5, 0.6) is 0 Å². The van der Waals surface area contributed by atoms with Crippen molar-refractivity contribution in [2.75, 3.05) is 14.1 Å². The fourth-order valence-corrected chi connectivity index (χ4v) is 5.37. The number of nitrogens with zero attached hydrogens (tertiary/aromatic N) is 3. The minimum absolute atomic E-state index is 0.130. The number of benzene rings is 2. The maximum absolute atomic E-state index is 13.4. The third kappa shape index (κ3) is 5.93. The van der Waals surface area contributed by atoms with Gasteiger partial charge in [0.05, 0.1) is 0 Å². The Morgan fingerprint density at radius 3 is 2.21 bits per heavy atom. The van der Waals surface area contributed by atoms with Crippen LogP contribution in [0.4, 0.5) is 4.39 Å². The van der Waals surface area contributed by atoms with Crippen LogP contribution in [0.1, 0.15) is 75.9 Å². The lowest BCUT2D eigenvalue weighted by atomic mass is 9.75. The third-order valence-electron chi connectivity index (χ3n) is 7.35. The van der Waals surface area contributed by atoms with Crippen molar-refractivity contribution in [2.45, 2.75) is 70.8 Å². The summed E-state index contributed by atoms with van der Waals surface area (Å²) in [6, 6.07) is 15.8. The fourth-order valence-electron chi connectivity index (χ4n) is 5.37. The second-order valence-corrected chi connectivity index (χ2v) is 11.1. The molecule has 0 aliphatic heterocycles. The van der Waals surface area contributed by atoms with Crippen molar-refractivity contribution in [3.63, 3.8) is 0 Å². The van der Waals surface area contributed by atoms with Crippen molar-refractivity contribution in [2.24, 2.45) is 11.8 Å². The van der Waals surface area contributed by atoms with Gasteiger partial charge >= 0.3 is 0 Å². The van der Waals surface area contributed by atoms with Gasteiger partial charge in [-0.05, 0) is 73.9 Å². The van der Waals surface area contributed by atoms with Crippen LogP contribution >= 0.6 is 0 Å². The van der Waals surface area contributed by atoms with Crippen LogP contribution < -0.4 is 0 Å². The Morgan fingerprint density at radius 1 is 0.971 bits per heavy atom. The Morgan fingerprint density at radius 2 is 1.62 bits per heavy atom. The van der Waals surface area contributed by atoms with E-state index in [2.05, 4.69) is 74.2 Å². The molecule has 4 rings (SSSR count). The molecule has 0 amide bonds. The average molecular weight is 464 g/mol. The van der Waals surface area contributed by atoms with Gasteiger partial charge in [-0.1, -0.05) is 75.2 Å². The van der Waals surface area contributed by atoms with Gasteiger partial charge in [0.25, 0.3) is 0 Å². The van der Waals surface area contributed by atoms with Crippen LogP contribution in [-0.4, -0.2) is 29.1 Å². The molecule has 3 aromatic rings. The van der Waals surface area contributed by atoms with Gasteiger partial charge in [-0.15, -0.1) is 0 Å². The first-order valence-corrected chi connectivity index (χ1v) is 12.6. The smallest absolute Gasteiger partial charge is 0.226 e. The van der Waals surface area contributed by atoms with E-state index in [0.717, 1.165) is 24.3 Å². The molecule has 0 bridgehead atoms. The van der Waals surface area contributed by atoms with Crippen LogP contribution in [-0.2, 0) is 11.8 Å². The molecular formula is C29H38FN3O. The Hall–Kier alpha value is -2.53. The molecular weight excluding hydrogens is 425 g/mol. The zero-order chi connectivity index (χ0) is 24.3. The molecule has 0 radical (unpaired) electrons. The molecule has 2 aromatic carbocycles. The maximum atomic E-state index is 13.4. The Balaban J connectivity index is 1.30. The number of hydrogen-bond acceptors (Lipinski definition) is 4. The van der Waals surface area contributed by atoms with Crippen LogP contribution in [0.2, 0.25) is 0 Å². The van der Waals surface area contributed by atoms with E-state index in [1.165, 1.54) is 36.8 Å². The highest BCUT2D eigenvalue weighted by molar-refractivity contribution is 5.55. The highest BCUT2D eigenvalue weighted by atomic mass is 19.1. The number of rotatable bonds is 7. The summed E-state index contributed by atoms with van der Waals surface area (Å²) in [5.41, 5.74) is 3.64. The topological polar surface area (TPSA) is 42.2 Å². The third-order valence-corrected chi connectivity index (χ3v) is 7.35. The summed E-state index contributed by atoms with van der Waals surface area (Å²) in [4.78, 5) is 6.94. The van der Waals surface area contributed by atoms with Crippen LogP contribution in [0, 0.1) is 17.7 Å².